The van der Waals surface area contributed by atoms with E-state index in [2.05, 4.69) is 0 Å². The number of rotatable bonds is 1. The molecule has 0 heterocycles. The number of hydrogen-bond acceptors (Lipinski definition) is 1. The standard InChI is InChI=1S/C9H9O/c1-7(2)8-5-3-4-6-9(8)10/h1,3-6,10H,2H3. The van der Waals surface area contributed by atoms with Crippen LogP contribution in [-0.2, 0) is 0 Å². The molecule has 1 aromatic carbocycles. The molecule has 1 N–H and O–H groups in total. The highest BCUT2D eigenvalue weighted by molar-refractivity contribution is 5.65. The van der Waals surface area contributed by atoms with Crippen molar-refractivity contribution in [2.75, 3.05) is 0 Å². The van der Waals surface area contributed by atoms with Gasteiger partial charge in [-0.1, -0.05) is 24.8 Å². The van der Waals surface area contributed by atoms with Gasteiger partial charge in [-0.2, -0.15) is 0 Å². The van der Waals surface area contributed by atoms with Crippen LogP contribution in [0.25, 0.3) is 5.57 Å². The zero-order valence-electron chi connectivity index (χ0n) is 5.83. The molecule has 0 aliphatic rings. The number of benzene rings is 1. The third-order valence-electron chi connectivity index (χ3n) is 1.33. The van der Waals surface area contributed by atoms with E-state index in [1.165, 1.54) is 0 Å². The summed E-state index contributed by atoms with van der Waals surface area (Å²) in [7, 11) is 0. The molecule has 1 aromatic rings. The summed E-state index contributed by atoms with van der Waals surface area (Å²) < 4.78 is 0. The Morgan fingerprint density at radius 2 is 2.00 bits per heavy atom. The molecular weight excluding hydrogens is 124 g/mol. The molecule has 1 nitrogen and oxygen atoms in total. The molecule has 51 valence electrons. The third kappa shape index (κ3) is 1.18. The van der Waals surface area contributed by atoms with Crippen LogP contribution in [0.4, 0.5) is 0 Å². The van der Waals surface area contributed by atoms with Gasteiger partial charge in [-0.05, 0) is 18.6 Å². The first-order valence-corrected chi connectivity index (χ1v) is 3.09. The number of phenolic OH excluding ortho intramolecular Hbond substituents is 1. The summed E-state index contributed by atoms with van der Waals surface area (Å²) in [5.41, 5.74) is 1.35. The lowest BCUT2D eigenvalue weighted by atomic mass is 10.1. The van der Waals surface area contributed by atoms with E-state index in [9.17, 15) is 5.11 Å². The van der Waals surface area contributed by atoms with E-state index in [1.54, 1.807) is 25.1 Å². The monoisotopic (exact) mass is 133 g/mol. The Balaban J connectivity index is 3.15. The Morgan fingerprint density at radius 3 is 2.40 bits per heavy atom. The Labute approximate surface area is 60.6 Å². The van der Waals surface area contributed by atoms with Crippen LogP contribution in [0.3, 0.4) is 0 Å². The van der Waals surface area contributed by atoms with Crippen molar-refractivity contribution in [1.82, 2.24) is 0 Å². The lowest BCUT2D eigenvalue weighted by molar-refractivity contribution is 0.473. The maximum atomic E-state index is 9.18. The molecular formula is C9H9O. The van der Waals surface area contributed by atoms with Crippen LogP contribution in [0.15, 0.2) is 24.3 Å². The smallest absolute Gasteiger partial charge is 0.123 e. The fraction of sp³-hybridized carbons (Fsp3) is 0.111. The minimum Gasteiger partial charge on any atom is -0.507 e. The predicted octanol–water partition coefficient (Wildman–Crippen LogP) is 2.23. The molecule has 0 saturated carbocycles. The molecule has 0 spiro atoms. The first-order chi connectivity index (χ1) is 4.72. The minimum atomic E-state index is 0.238. The Hall–Kier alpha value is -1.24. The molecule has 0 aromatic heterocycles. The van der Waals surface area contributed by atoms with E-state index in [1.807, 2.05) is 6.07 Å². The molecule has 1 heteroatoms. The predicted molar refractivity (Wildman–Crippen MR) is 41.5 cm³/mol. The summed E-state index contributed by atoms with van der Waals surface area (Å²) in [6, 6.07) is 7.00. The average molecular weight is 133 g/mol. The molecule has 0 aliphatic heterocycles. The molecule has 1 rings (SSSR count). The van der Waals surface area contributed by atoms with Crippen molar-refractivity contribution in [1.29, 1.82) is 0 Å². The first-order valence-electron chi connectivity index (χ1n) is 3.09. The zero-order valence-corrected chi connectivity index (χ0v) is 5.83. The summed E-state index contributed by atoms with van der Waals surface area (Å²) >= 11 is 0. The summed E-state index contributed by atoms with van der Waals surface area (Å²) in [6.07, 6.45) is 0. The first kappa shape index (κ1) is 6.87. The lowest BCUT2D eigenvalue weighted by Gasteiger charge is -2.00. The minimum absolute atomic E-state index is 0.238. The van der Waals surface area contributed by atoms with Crippen molar-refractivity contribution in [2.45, 2.75) is 6.92 Å². The molecule has 0 bridgehead atoms. The van der Waals surface area contributed by atoms with Crippen molar-refractivity contribution in [3.63, 3.8) is 0 Å². The Bertz CT molecular complexity index is 251. The van der Waals surface area contributed by atoms with Gasteiger partial charge in [0.15, 0.2) is 0 Å². The van der Waals surface area contributed by atoms with Crippen molar-refractivity contribution >= 4 is 5.57 Å². The summed E-state index contributed by atoms with van der Waals surface area (Å²) in [5.74, 6) is 0.238. The summed E-state index contributed by atoms with van der Waals surface area (Å²) in [5, 5.41) is 9.18. The van der Waals surface area contributed by atoms with Gasteiger partial charge in [0, 0.05) is 5.56 Å². The van der Waals surface area contributed by atoms with Crippen molar-refractivity contribution in [3.8, 4) is 5.75 Å². The van der Waals surface area contributed by atoms with Gasteiger partial charge in [-0.15, -0.1) is 0 Å². The van der Waals surface area contributed by atoms with Crippen LogP contribution in [-0.4, -0.2) is 5.11 Å². The van der Waals surface area contributed by atoms with Gasteiger partial charge in [0.05, 0.1) is 0 Å². The second-order valence-electron chi connectivity index (χ2n) is 2.20. The van der Waals surface area contributed by atoms with Crippen molar-refractivity contribution in [3.05, 3.63) is 36.4 Å². The molecule has 0 atom stereocenters. The number of phenols is 1. The third-order valence-corrected chi connectivity index (χ3v) is 1.33. The van der Waals surface area contributed by atoms with Crippen LogP contribution in [0.1, 0.15) is 12.5 Å². The van der Waals surface area contributed by atoms with Gasteiger partial charge in [-0.3, -0.25) is 0 Å². The molecule has 0 saturated heterocycles. The van der Waals surface area contributed by atoms with Gasteiger partial charge in [0.25, 0.3) is 0 Å². The van der Waals surface area contributed by atoms with E-state index >= 15 is 0 Å². The topological polar surface area (TPSA) is 20.2 Å². The largest absolute Gasteiger partial charge is 0.507 e. The SMILES string of the molecule is [CH]=C(C)c1ccccc1O. The fourth-order valence-electron chi connectivity index (χ4n) is 0.807. The Kier molecular flexibility index (Phi) is 1.76. The number of hydrogen-bond donors (Lipinski definition) is 1. The Morgan fingerprint density at radius 1 is 1.40 bits per heavy atom. The van der Waals surface area contributed by atoms with Crippen LogP contribution < -0.4 is 0 Å². The average Bonchev–Trinajstić information content (AvgIpc) is 1.88. The van der Waals surface area contributed by atoms with Crippen LogP contribution >= 0.6 is 0 Å². The maximum absolute atomic E-state index is 9.18. The van der Waals surface area contributed by atoms with Gasteiger partial charge >= 0.3 is 0 Å². The lowest BCUT2D eigenvalue weighted by Crippen LogP contribution is -1.76. The van der Waals surface area contributed by atoms with Crippen molar-refractivity contribution in [2.24, 2.45) is 0 Å². The number of allylic oxidation sites excluding steroid dienone is 1. The van der Waals surface area contributed by atoms with E-state index in [4.69, 9.17) is 6.58 Å². The second kappa shape index (κ2) is 2.56. The van der Waals surface area contributed by atoms with Gasteiger partial charge in [0.2, 0.25) is 0 Å². The van der Waals surface area contributed by atoms with Gasteiger partial charge < -0.3 is 5.11 Å². The van der Waals surface area contributed by atoms with Crippen molar-refractivity contribution < 1.29 is 5.11 Å². The van der Waals surface area contributed by atoms with E-state index in [0.717, 1.165) is 0 Å². The van der Waals surface area contributed by atoms with Gasteiger partial charge in [0.1, 0.15) is 5.75 Å². The van der Waals surface area contributed by atoms with E-state index in [-0.39, 0.29) is 5.75 Å². The maximum Gasteiger partial charge on any atom is 0.123 e. The highest BCUT2D eigenvalue weighted by Crippen LogP contribution is 2.21. The molecule has 10 heavy (non-hydrogen) atoms. The number of aromatic hydroxyl groups is 1. The summed E-state index contributed by atoms with van der Waals surface area (Å²) in [4.78, 5) is 0. The second-order valence-corrected chi connectivity index (χ2v) is 2.20. The normalized spacial score (nSPS) is 9.30. The molecule has 0 aliphatic carbocycles. The van der Waals surface area contributed by atoms with Gasteiger partial charge in [-0.25, -0.2) is 0 Å². The molecule has 0 fully saturated rings. The highest BCUT2D eigenvalue weighted by atomic mass is 16.3. The molecule has 0 unspecified atom stereocenters. The summed E-state index contributed by atoms with van der Waals surface area (Å²) in [6.45, 7) is 7.23. The fourth-order valence-corrected chi connectivity index (χ4v) is 0.807. The number of para-hydroxylation sites is 1. The van der Waals surface area contributed by atoms with E-state index in [0.29, 0.717) is 11.1 Å². The van der Waals surface area contributed by atoms with Crippen LogP contribution in [0, 0.1) is 6.58 Å². The quantitative estimate of drug-likeness (QED) is 0.622. The van der Waals surface area contributed by atoms with E-state index < -0.39 is 0 Å². The highest BCUT2D eigenvalue weighted by Gasteiger charge is 1.97. The zero-order chi connectivity index (χ0) is 7.56. The van der Waals surface area contributed by atoms with Crippen LogP contribution in [0.5, 0.6) is 5.75 Å². The molecule has 0 amide bonds. The van der Waals surface area contributed by atoms with Crippen LogP contribution in [0.2, 0.25) is 0 Å². The molecule has 1 radical (unpaired) electrons.